The van der Waals surface area contributed by atoms with Crippen LogP contribution in [-0.2, 0) is 5.54 Å². The van der Waals surface area contributed by atoms with Crippen LogP contribution in [0.3, 0.4) is 0 Å². The second-order valence-corrected chi connectivity index (χ2v) is 4.83. The summed E-state index contributed by atoms with van der Waals surface area (Å²) in [7, 11) is 0. The van der Waals surface area contributed by atoms with Gasteiger partial charge in [0.1, 0.15) is 5.54 Å². The maximum Gasteiger partial charge on any atom is 0.256 e. The molecular weight excluding hydrogens is 284 g/mol. The van der Waals surface area contributed by atoms with Gasteiger partial charge in [0, 0.05) is 9.40 Å². The third kappa shape index (κ3) is 2.16. The van der Waals surface area contributed by atoms with Crippen molar-refractivity contribution in [3.05, 3.63) is 68.7 Å². The Morgan fingerprint density at radius 1 is 1.29 bits per heavy atom. The first-order valence-electron chi connectivity index (χ1n) is 5.08. The molecule has 0 radical (unpaired) electrons. The van der Waals surface area contributed by atoms with E-state index in [1.807, 2.05) is 12.1 Å². The van der Waals surface area contributed by atoms with E-state index < -0.39 is 11.6 Å². The molecule has 0 amide bonds. The SMILES string of the molecule is NC1(c2ccc(Br)cc2)C=CC=CC1[N+](=O)[O-]. The number of nitrogens with two attached hydrogens (primary N) is 1. The molecule has 5 heteroatoms. The fourth-order valence-electron chi connectivity index (χ4n) is 1.89. The Balaban J connectivity index is 2.46. The number of nitro groups is 1. The minimum Gasteiger partial charge on any atom is -0.312 e. The van der Waals surface area contributed by atoms with Crippen LogP contribution in [0.4, 0.5) is 0 Å². The molecule has 0 aromatic heterocycles. The van der Waals surface area contributed by atoms with Gasteiger partial charge >= 0.3 is 0 Å². The zero-order valence-electron chi connectivity index (χ0n) is 8.92. The summed E-state index contributed by atoms with van der Waals surface area (Å²) in [6.07, 6.45) is 6.57. The second-order valence-electron chi connectivity index (χ2n) is 3.91. The van der Waals surface area contributed by atoms with Crippen molar-refractivity contribution in [3.8, 4) is 0 Å². The van der Waals surface area contributed by atoms with Gasteiger partial charge in [0.25, 0.3) is 6.04 Å². The van der Waals surface area contributed by atoms with Gasteiger partial charge in [0.2, 0.25) is 0 Å². The van der Waals surface area contributed by atoms with Gasteiger partial charge in [-0.05, 0) is 23.8 Å². The van der Waals surface area contributed by atoms with E-state index in [1.165, 1.54) is 6.08 Å². The summed E-state index contributed by atoms with van der Waals surface area (Å²) in [4.78, 5) is 10.7. The molecule has 0 saturated heterocycles. The highest BCUT2D eigenvalue weighted by molar-refractivity contribution is 9.10. The summed E-state index contributed by atoms with van der Waals surface area (Å²) in [6.45, 7) is 0. The minimum atomic E-state index is -1.08. The molecule has 1 aliphatic rings. The predicted molar refractivity (Wildman–Crippen MR) is 69.1 cm³/mol. The maximum atomic E-state index is 11.0. The van der Waals surface area contributed by atoms with Crippen molar-refractivity contribution in [2.45, 2.75) is 11.6 Å². The van der Waals surface area contributed by atoms with Gasteiger partial charge in [-0.25, -0.2) is 0 Å². The van der Waals surface area contributed by atoms with Gasteiger partial charge in [-0.1, -0.05) is 46.3 Å². The second kappa shape index (κ2) is 4.43. The fourth-order valence-corrected chi connectivity index (χ4v) is 2.16. The van der Waals surface area contributed by atoms with Crippen LogP contribution < -0.4 is 5.73 Å². The summed E-state index contributed by atoms with van der Waals surface area (Å²) in [6, 6.07) is 6.31. The molecule has 0 fully saturated rings. The molecule has 17 heavy (non-hydrogen) atoms. The molecule has 88 valence electrons. The Morgan fingerprint density at radius 2 is 1.94 bits per heavy atom. The molecule has 0 bridgehead atoms. The number of rotatable bonds is 2. The summed E-state index contributed by atoms with van der Waals surface area (Å²) in [5.41, 5.74) is 5.82. The lowest BCUT2D eigenvalue weighted by molar-refractivity contribution is -0.519. The smallest absolute Gasteiger partial charge is 0.256 e. The Hall–Kier alpha value is -1.46. The first kappa shape index (κ1) is 12.0. The van der Waals surface area contributed by atoms with E-state index in [1.54, 1.807) is 30.4 Å². The zero-order valence-corrected chi connectivity index (χ0v) is 10.5. The zero-order chi connectivity index (χ0) is 12.5. The Morgan fingerprint density at radius 3 is 2.53 bits per heavy atom. The van der Waals surface area contributed by atoms with Gasteiger partial charge in [0.05, 0.1) is 0 Å². The van der Waals surface area contributed by atoms with Crippen LogP contribution in [0.2, 0.25) is 0 Å². The van der Waals surface area contributed by atoms with E-state index in [-0.39, 0.29) is 4.92 Å². The number of hydrogen-bond acceptors (Lipinski definition) is 3. The number of allylic oxidation sites excluding steroid dienone is 2. The molecule has 2 rings (SSSR count). The highest BCUT2D eigenvalue weighted by Gasteiger charge is 2.42. The van der Waals surface area contributed by atoms with Gasteiger partial charge in [-0.3, -0.25) is 10.1 Å². The summed E-state index contributed by atoms with van der Waals surface area (Å²) in [5, 5.41) is 11.0. The minimum absolute atomic E-state index is 0.359. The molecule has 2 unspecified atom stereocenters. The van der Waals surface area contributed by atoms with Crippen LogP contribution >= 0.6 is 15.9 Å². The van der Waals surface area contributed by atoms with Gasteiger partial charge in [0.15, 0.2) is 0 Å². The van der Waals surface area contributed by atoms with E-state index in [4.69, 9.17) is 5.73 Å². The molecule has 0 spiro atoms. The third-order valence-electron chi connectivity index (χ3n) is 2.84. The average Bonchev–Trinajstić information content (AvgIpc) is 2.29. The van der Waals surface area contributed by atoms with Crippen molar-refractivity contribution in [1.29, 1.82) is 0 Å². The predicted octanol–water partition coefficient (Wildman–Crippen LogP) is 2.37. The Labute approximate surface area is 107 Å². The third-order valence-corrected chi connectivity index (χ3v) is 3.37. The number of nitrogens with zero attached hydrogens (tertiary/aromatic N) is 1. The first-order valence-corrected chi connectivity index (χ1v) is 5.88. The molecule has 1 aliphatic carbocycles. The largest absolute Gasteiger partial charge is 0.312 e. The van der Waals surface area contributed by atoms with E-state index in [0.717, 1.165) is 10.0 Å². The van der Waals surface area contributed by atoms with Crippen LogP contribution in [0.5, 0.6) is 0 Å². The molecule has 1 aromatic carbocycles. The molecule has 0 heterocycles. The number of halogens is 1. The van der Waals surface area contributed by atoms with Crippen LogP contribution in [0.25, 0.3) is 0 Å². The van der Waals surface area contributed by atoms with Crippen LogP contribution in [0.15, 0.2) is 53.0 Å². The number of hydrogen-bond donors (Lipinski definition) is 1. The van der Waals surface area contributed by atoms with E-state index in [9.17, 15) is 10.1 Å². The molecule has 0 aliphatic heterocycles. The fraction of sp³-hybridized carbons (Fsp3) is 0.167. The van der Waals surface area contributed by atoms with Crippen molar-refractivity contribution in [2.24, 2.45) is 5.73 Å². The van der Waals surface area contributed by atoms with Crippen LogP contribution in [-0.4, -0.2) is 11.0 Å². The van der Waals surface area contributed by atoms with E-state index >= 15 is 0 Å². The lowest BCUT2D eigenvalue weighted by Gasteiger charge is -2.29. The van der Waals surface area contributed by atoms with Gasteiger partial charge in [-0.2, -0.15) is 0 Å². The molecule has 2 atom stereocenters. The lowest BCUT2D eigenvalue weighted by atomic mass is 9.81. The average molecular weight is 295 g/mol. The quantitative estimate of drug-likeness (QED) is 0.672. The van der Waals surface area contributed by atoms with Crippen LogP contribution in [0, 0.1) is 10.1 Å². The van der Waals surface area contributed by atoms with Crippen molar-refractivity contribution < 1.29 is 4.92 Å². The maximum absolute atomic E-state index is 11.0. The molecule has 2 N–H and O–H groups in total. The Kier molecular flexibility index (Phi) is 3.13. The first-order chi connectivity index (χ1) is 8.04. The summed E-state index contributed by atoms with van der Waals surface area (Å²) < 4.78 is 0.915. The van der Waals surface area contributed by atoms with Crippen LogP contribution in [0.1, 0.15) is 5.56 Å². The van der Waals surface area contributed by atoms with Gasteiger partial charge < -0.3 is 5.73 Å². The number of benzene rings is 1. The Bertz CT molecular complexity index is 496. The van der Waals surface area contributed by atoms with Crippen molar-refractivity contribution in [3.63, 3.8) is 0 Å². The molecule has 1 aromatic rings. The van der Waals surface area contributed by atoms with Crippen molar-refractivity contribution >= 4 is 15.9 Å². The van der Waals surface area contributed by atoms with E-state index in [0.29, 0.717) is 0 Å². The lowest BCUT2D eigenvalue weighted by Crippen LogP contribution is -2.50. The summed E-state index contributed by atoms with van der Waals surface area (Å²) >= 11 is 3.32. The molecule has 0 saturated carbocycles. The van der Waals surface area contributed by atoms with Crippen molar-refractivity contribution in [1.82, 2.24) is 0 Å². The van der Waals surface area contributed by atoms with E-state index in [2.05, 4.69) is 15.9 Å². The molecule has 4 nitrogen and oxygen atoms in total. The standard InChI is InChI=1S/C12H11BrN2O2/c13-10-6-4-9(5-7-10)12(14)8-2-1-3-11(12)15(16)17/h1-8,11H,14H2. The summed E-state index contributed by atoms with van der Waals surface area (Å²) in [5.74, 6) is 0. The highest BCUT2D eigenvalue weighted by atomic mass is 79.9. The topological polar surface area (TPSA) is 69.2 Å². The van der Waals surface area contributed by atoms with Gasteiger partial charge in [-0.15, -0.1) is 0 Å². The normalized spacial score (nSPS) is 27.1. The molecular formula is C12H11BrN2O2. The monoisotopic (exact) mass is 294 g/mol. The highest BCUT2D eigenvalue weighted by Crippen LogP contribution is 2.30. The van der Waals surface area contributed by atoms with Crippen molar-refractivity contribution in [2.75, 3.05) is 0 Å².